The molecule has 1 N–H and O–H groups in total. The summed E-state index contributed by atoms with van der Waals surface area (Å²) in [6.45, 7) is -1.47. The zero-order chi connectivity index (χ0) is 54.2. The van der Waals surface area contributed by atoms with Crippen molar-refractivity contribution in [1.29, 1.82) is 0 Å². The van der Waals surface area contributed by atoms with Gasteiger partial charge in [0, 0.05) is 0 Å². The molecule has 2 aliphatic heterocycles. The van der Waals surface area contributed by atoms with Crippen molar-refractivity contribution < 1.29 is 81.2 Å². The zero-order valence-electron chi connectivity index (χ0n) is 41.6. The minimum absolute atomic E-state index is 0.0327. The van der Waals surface area contributed by atoms with Crippen LogP contribution in [0.5, 0.6) is 0 Å². The Hall–Kier alpha value is -8.84. The van der Waals surface area contributed by atoms with Crippen LogP contribution in [0.15, 0.2) is 212 Å². The number of aliphatic hydroxyl groups excluding tert-OH is 1. The third kappa shape index (κ3) is 13.8. The number of carbonyl (C=O) groups excluding carboxylic acids is 6. The Labute approximate surface area is 448 Å². The van der Waals surface area contributed by atoms with Crippen molar-refractivity contribution in [2.75, 3.05) is 13.2 Å². The minimum Gasteiger partial charge on any atom is -0.459 e. The fraction of sp³-hybridized carbons (Fsp3) is 0.213. The van der Waals surface area contributed by atoms with Crippen LogP contribution < -0.4 is 0 Å². The number of hydrogen-bond acceptors (Lipinski definition) is 17. The van der Waals surface area contributed by atoms with Gasteiger partial charge in [-0.1, -0.05) is 140 Å². The van der Waals surface area contributed by atoms with E-state index in [9.17, 15) is 33.9 Å². The molecule has 0 aromatic heterocycles. The SMILES string of the molecule is O=C(OC[C@H]1O[C@H](O[C@@H]2[C@H](OC(=O)c3ccccc3)[C@@H](OCc3ccccc3)O[C@H](COC(=O)c3ccccc3)[C@H]2OC(=O)c2ccccc2)[C@@H](OC(=O)c2ccccc2)[C@@H](O)[C@@H]1OC(=O)c1ccccc1)c1ccccc1. The summed E-state index contributed by atoms with van der Waals surface area (Å²) in [5, 5.41) is 12.6. The van der Waals surface area contributed by atoms with Crippen molar-refractivity contribution >= 4 is 35.8 Å². The molecule has 2 heterocycles. The van der Waals surface area contributed by atoms with Crippen molar-refractivity contribution in [3.8, 4) is 0 Å². The summed E-state index contributed by atoms with van der Waals surface area (Å²) in [7, 11) is 0. The lowest BCUT2D eigenvalue weighted by Gasteiger charge is -2.48. The predicted molar refractivity (Wildman–Crippen MR) is 275 cm³/mol. The van der Waals surface area contributed by atoms with Gasteiger partial charge in [0.25, 0.3) is 0 Å². The fourth-order valence-corrected chi connectivity index (χ4v) is 8.58. The van der Waals surface area contributed by atoms with Gasteiger partial charge in [-0.15, -0.1) is 0 Å². The van der Waals surface area contributed by atoms with Gasteiger partial charge >= 0.3 is 35.8 Å². The summed E-state index contributed by atoms with van der Waals surface area (Å²) < 4.78 is 62.8. The maximum Gasteiger partial charge on any atom is 0.338 e. The Balaban J connectivity index is 1.16. The molecule has 10 atom stereocenters. The molecular formula is C61H52O17. The van der Waals surface area contributed by atoms with Crippen LogP contribution in [0.2, 0.25) is 0 Å². The third-order valence-electron chi connectivity index (χ3n) is 12.5. The van der Waals surface area contributed by atoms with Crippen molar-refractivity contribution in [1.82, 2.24) is 0 Å². The monoisotopic (exact) mass is 1060 g/mol. The number of hydrogen-bond donors (Lipinski definition) is 1. The van der Waals surface area contributed by atoms with Crippen LogP contribution in [0, 0.1) is 0 Å². The van der Waals surface area contributed by atoms with E-state index < -0.39 is 110 Å². The highest BCUT2D eigenvalue weighted by Gasteiger charge is 2.57. The van der Waals surface area contributed by atoms with Crippen LogP contribution in [-0.4, -0.2) is 116 Å². The number of aliphatic hydroxyl groups is 1. The van der Waals surface area contributed by atoms with Crippen LogP contribution in [0.4, 0.5) is 0 Å². The summed E-state index contributed by atoms with van der Waals surface area (Å²) in [5.74, 6) is -5.34. The maximum atomic E-state index is 14.4. The van der Waals surface area contributed by atoms with Crippen LogP contribution >= 0.6 is 0 Å². The average Bonchev–Trinajstić information content (AvgIpc) is 3.64. The summed E-state index contributed by atoms with van der Waals surface area (Å²) in [6.07, 6.45) is -17.7. The quantitative estimate of drug-likeness (QED) is 0.0599. The van der Waals surface area contributed by atoms with Crippen molar-refractivity contribution in [3.63, 3.8) is 0 Å². The van der Waals surface area contributed by atoms with Gasteiger partial charge in [0.2, 0.25) is 0 Å². The summed E-state index contributed by atoms with van der Waals surface area (Å²) in [4.78, 5) is 84.0. The highest BCUT2D eigenvalue weighted by molar-refractivity contribution is 5.92. The number of ether oxygens (including phenoxy) is 10. The van der Waals surface area contributed by atoms with Crippen LogP contribution in [0.25, 0.3) is 0 Å². The van der Waals surface area contributed by atoms with Gasteiger partial charge in [-0.3, -0.25) is 0 Å². The van der Waals surface area contributed by atoms with Crippen molar-refractivity contribution in [3.05, 3.63) is 251 Å². The Morgan fingerprint density at radius 2 is 0.654 bits per heavy atom. The standard InChI is InChI=1S/C61H52O17/c62-48-49(74-56(65)42-28-14-4-15-29-42)46(37-69-54(63)40-24-10-2-11-25-40)73-61(51(48)76-58(67)44-32-18-6-19-33-44)78-52-50(75-57(66)43-30-16-5-17-31-43)47(38-70-55(64)41-26-12-3-13-27-41)72-60(71-36-39-22-8-1-9-23-39)53(52)77-59(68)45-34-20-7-21-35-45/h1-35,46-53,60-62H,36-38H2/t46-,47-,48+,49-,50-,51+,52+,53+,60+,61-/m1/s1. The molecule has 0 radical (unpaired) electrons. The van der Waals surface area contributed by atoms with Gasteiger partial charge in [0.15, 0.2) is 37.0 Å². The van der Waals surface area contributed by atoms with E-state index in [-0.39, 0.29) is 40.0 Å². The first-order chi connectivity index (χ1) is 38.1. The molecule has 0 amide bonds. The molecular weight excluding hydrogens is 1000 g/mol. The zero-order valence-corrected chi connectivity index (χ0v) is 41.6. The smallest absolute Gasteiger partial charge is 0.338 e. The van der Waals surface area contributed by atoms with Crippen molar-refractivity contribution in [2.45, 2.75) is 68.0 Å². The largest absolute Gasteiger partial charge is 0.459 e. The second-order valence-electron chi connectivity index (χ2n) is 17.8. The lowest BCUT2D eigenvalue weighted by atomic mass is 9.95. The average molecular weight is 1060 g/mol. The second-order valence-corrected chi connectivity index (χ2v) is 17.8. The Bertz CT molecular complexity index is 3080. The number of benzene rings is 7. The van der Waals surface area contributed by atoms with Crippen LogP contribution in [-0.2, 0) is 54.0 Å². The molecule has 7 aromatic rings. The van der Waals surface area contributed by atoms with Gasteiger partial charge in [-0.25, -0.2) is 28.8 Å². The molecule has 9 rings (SSSR count). The molecule has 17 heteroatoms. The highest BCUT2D eigenvalue weighted by atomic mass is 16.8. The van der Waals surface area contributed by atoms with E-state index in [4.69, 9.17) is 47.4 Å². The summed E-state index contributed by atoms with van der Waals surface area (Å²) in [5.41, 5.74) is 1.26. The molecule has 0 spiro atoms. The number of rotatable bonds is 19. The molecule has 17 nitrogen and oxygen atoms in total. The molecule has 0 aliphatic carbocycles. The first-order valence-electron chi connectivity index (χ1n) is 24.9. The highest BCUT2D eigenvalue weighted by Crippen LogP contribution is 2.36. The van der Waals surface area contributed by atoms with E-state index in [0.717, 1.165) is 0 Å². The van der Waals surface area contributed by atoms with Gasteiger partial charge < -0.3 is 52.5 Å². The van der Waals surface area contributed by atoms with Gasteiger partial charge in [0.05, 0.1) is 40.0 Å². The van der Waals surface area contributed by atoms with Gasteiger partial charge in [-0.05, 0) is 78.4 Å². The molecule has 0 bridgehead atoms. The lowest BCUT2D eigenvalue weighted by Crippen LogP contribution is -2.67. The number of carbonyl (C=O) groups is 6. The molecule has 78 heavy (non-hydrogen) atoms. The summed E-state index contributed by atoms with van der Waals surface area (Å²) >= 11 is 0. The molecule has 0 saturated carbocycles. The van der Waals surface area contributed by atoms with E-state index in [1.54, 1.807) is 140 Å². The maximum absolute atomic E-state index is 14.4. The first kappa shape index (κ1) is 54.0. The van der Waals surface area contributed by atoms with E-state index in [1.165, 1.54) is 72.8 Å². The number of esters is 6. The van der Waals surface area contributed by atoms with Crippen LogP contribution in [0.1, 0.15) is 67.7 Å². The lowest BCUT2D eigenvalue weighted by molar-refractivity contribution is -0.358. The normalized spacial score (nSPS) is 22.6. The van der Waals surface area contributed by atoms with E-state index in [0.29, 0.717) is 5.56 Å². The Kier molecular flexibility index (Phi) is 18.2. The third-order valence-corrected chi connectivity index (χ3v) is 12.5. The van der Waals surface area contributed by atoms with E-state index >= 15 is 0 Å². The first-order valence-corrected chi connectivity index (χ1v) is 24.9. The van der Waals surface area contributed by atoms with Crippen molar-refractivity contribution in [2.24, 2.45) is 0 Å². The predicted octanol–water partition coefficient (Wildman–Crippen LogP) is 8.02. The summed E-state index contributed by atoms with van der Waals surface area (Å²) in [6, 6.07) is 56.4. The Morgan fingerprint density at radius 1 is 0.346 bits per heavy atom. The van der Waals surface area contributed by atoms with Crippen LogP contribution in [0.3, 0.4) is 0 Å². The topological polar surface area (TPSA) is 215 Å². The Morgan fingerprint density at radius 3 is 1.05 bits per heavy atom. The molecule has 2 fully saturated rings. The van der Waals surface area contributed by atoms with E-state index in [2.05, 4.69) is 0 Å². The van der Waals surface area contributed by atoms with E-state index in [1.807, 2.05) is 0 Å². The molecule has 0 unspecified atom stereocenters. The van der Waals surface area contributed by atoms with Gasteiger partial charge in [0.1, 0.15) is 37.6 Å². The van der Waals surface area contributed by atoms with Gasteiger partial charge in [-0.2, -0.15) is 0 Å². The molecule has 398 valence electrons. The minimum atomic E-state index is -2.03. The molecule has 2 aliphatic rings. The molecule has 2 saturated heterocycles. The molecule has 7 aromatic carbocycles. The fourth-order valence-electron chi connectivity index (χ4n) is 8.58. The second kappa shape index (κ2) is 26.3.